The number of hydrogen-bond donors (Lipinski definition) is 2. The summed E-state index contributed by atoms with van der Waals surface area (Å²) in [6.45, 7) is 2.59. The lowest BCUT2D eigenvalue weighted by molar-refractivity contribution is 0.128. The van der Waals surface area contributed by atoms with Crippen molar-refractivity contribution >= 4 is 34.8 Å². The number of nitrogens with one attached hydrogen (secondary N) is 2. The second kappa shape index (κ2) is 6.13. The van der Waals surface area contributed by atoms with Gasteiger partial charge in [-0.05, 0) is 13.0 Å². The van der Waals surface area contributed by atoms with E-state index in [1.165, 1.54) is 0 Å². The summed E-state index contributed by atoms with van der Waals surface area (Å²) < 4.78 is 5.12. The molecule has 1 aromatic heterocycles. The fourth-order valence-corrected chi connectivity index (χ4v) is 1.61. The lowest BCUT2D eigenvalue weighted by Gasteiger charge is -2.13. The summed E-state index contributed by atoms with van der Waals surface area (Å²) in [6, 6.07) is 1.65. The summed E-state index contributed by atoms with van der Waals surface area (Å²) in [5, 5.41) is 6.98. The van der Waals surface area contributed by atoms with E-state index in [2.05, 4.69) is 15.6 Å². The molecule has 0 fully saturated rings. The molecule has 0 radical (unpaired) electrons. The van der Waals surface area contributed by atoms with Crippen LogP contribution in [-0.2, 0) is 4.74 Å². The minimum Gasteiger partial charge on any atom is -0.380 e. The third-order valence-electron chi connectivity index (χ3n) is 2.13. The zero-order valence-electron chi connectivity index (χ0n) is 9.47. The number of halogens is 2. The number of aromatic nitrogens is 1. The normalized spacial score (nSPS) is 12.3. The van der Waals surface area contributed by atoms with Crippen LogP contribution in [0.1, 0.15) is 6.92 Å². The summed E-state index contributed by atoms with van der Waals surface area (Å²) >= 11 is 11.9. The Hall–Kier alpha value is -0.710. The summed E-state index contributed by atoms with van der Waals surface area (Å²) in [6.07, 6.45) is 0.0894. The van der Waals surface area contributed by atoms with Crippen LogP contribution in [0.15, 0.2) is 6.07 Å². The van der Waals surface area contributed by atoms with Crippen molar-refractivity contribution in [1.29, 1.82) is 0 Å². The van der Waals surface area contributed by atoms with E-state index in [1.807, 2.05) is 6.92 Å². The highest BCUT2D eigenvalue weighted by Crippen LogP contribution is 2.28. The Kier molecular flexibility index (Phi) is 5.12. The first kappa shape index (κ1) is 13.4. The summed E-state index contributed by atoms with van der Waals surface area (Å²) in [4.78, 5) is 4.25. The minimum atomic E-state index is 0.0894. The smallest absolute Gasteiger partial charge is 0.147 e. The summed E-state index contributed by atoms with van der Waals surface area (Å²) in [5.41, 5.74) is 0. The zero-order chi connectivity index (χ0) is 12.1. The SMILES string of the molecule is CNc1nc(NCC(C)OC)c(Cl)cc1Cl. The molecule has 1 atom stereocenters. The molecule has 0 amide bonds. The number of methoxy groups -OCH3 is 1. The third kappa shape index (κ3) is 3.40. The molecule has 0 saturated carbocycles. The van der Waals surface area contributed by atoms with Crippen LogP contribution in [0.25, 0.3) is 0 Å². The molecular formula is C10H15Cl2N3O. The van der Waals surface area contributed by atoms with Gasteiger partial charge in [-0.15, -0.1) is 0 Å². The van der Waals surface area contributed by atoms with E-state index in [1.54, 1.807) is 20.2 Å². The van der Waals surface area contributed by atoms with Crippen LogP contribution >= 0.6 is 23.2 Å². The molecule has 0 spiro atoms. The number of pyridine rings is 1. The minimum absolute atomic E-state index is 0.0894. The zero-order valence-corrected chi connectivity index (χ0v) is 11.0. The molecule has 6 heteroatoms. The van der Waals surface area contributed by atoms with Crippen LogP contribution in [0, 0.1) is 0 Å². The summed E-state index contributed by atoms with van der Waals surface area (Å²) in [5.74, 6) is 1.19. The van der Waals surface area contributed by atoms with E-state index < -0.39 is 0 Å². The van der Waals surface area contributed by atoms with Crippen molar-refractivity contribution in [2.75, 3.05) is 31.3 Å². The number of anilines is 2. The molecule has 1 heterocycles. The van der Waals surface area contributed by atoms with Crippen molar-refractivity contribution in [3.63, 3.8) is 0 Å². The number of rotatable bonds is 5. The Morgan fingerprint density at radius 3 is 2.56 bits per heavy atom. The molecule has 0 bridgehead atoms. The number of ether oxygens (including phenoxy) is 1. The molecule has 4 nitrogen and oxygen atoms in total. The maximum absolute atomic E-state index is 6.01. The van der Waals surface area contributed by atoms with Crippen LogP contribution in [0.3, 0.4) is 0 Å². The first-order chi connectivity index (χ1) is 7.58. The van der Waals surface area contributed by atoms with E-state index in [0.717, 1.165) is 0 Å². The average Bonchev–Trinajstić information content (AvgIpc) is 2.27. The van der Waals surface area contributed by atoms with E-state index >= 15 is 0 Å². The Labute approximate surface area is 105 Å². The second-order valence-electron chi connectivity index (χ2n) is 3.33. The summed E-state index contributed by atoms with van der Waals surface area (Å²) in [7, 11) is 3.41. The first-order valence-corrected chi connectivity index (χ1v) is 5.64. The van der Waals surface area contributed by atoms with E-state index in [0.29, 0.717) is 28.2 Å². The fraction of sp³-hybridized carbons (Fsp3) is 0.500. The Morgan fingerprint density at radius 1 is 1.38 bits per heavy atom. The van der Waals surface area contributed by atoms with Gasteiger partial charge in [-0.3, -0.25) is 0 Å². The van der Waals surface area contributed by atoms with Gasteiger partial charge >= 0.3 is 0 Å². The van der Waals surface area contributed by atoms with E-state index in [4.69, 9.17) is 27.9 Å². The van der Waals surface area contributed by atoms with Gasteiger partial charge in [0.25, 0.3) is 0 Å². The van der Waals surface area contributed by atoms with E-state index in [9.17, 15) is 0 Å². The van der Waals surface area contributed by atoms with Crippen molar-refractivity contribution < 1.29 is 4.74 Å². The van der Waals surface area contributed by atoms with Crippen LogP contribution in [0.4, 0.5) is 11.6 Å². The molecule has 0 aliphatic carbocycles. The lowest BCUT2D eigenvalue weighted by atomic mass is 10.3. The second-order valence-corrected chi connectivity index (χ2v) is 4.14. The van der Waals surface area contributed by atoms with Crippen molar-refractivity contribution in [3.05, 3.63) is 16.1 Å². The quantitative estimate of drug-likeness (QED) is 0.858. The largest absolute Gasteiger partial charge is 0.380 e. The molecule has 1 rings (SSSR count). The number of hydrogen-bond acceptors (Lipinski definition) is 4. The molecule has 1 unspecified atom stereocenters. The van der Waals surface area contributed by atoms with Crippen molar-refractivity contribution in [2.24, 2.45) is 0 Å². The molecule has 16 heavy (non-hydrogen) atoms. The van der Waals surface area contributed by atoms with Crippen LogP contribution < -0.4 is 10.6 Å². The Balaban J connectivity index is 2.79. The molecule has 0 aromatic carbocycles. The van der Waals surface area contributed by atoms with Gasteiger partial charge in [-0.1, -0.05) is 23.2 Å². The van der Waals surface area contributed by atoms with Gasteiger partial charge in [0.2, 0.25) is 0 Å². The Morgan fingerprint density at radius 2 is 2.00 bits per heavy atom. The van der Waals surface area contributed by atoms with Gasteiger partial charge in [0.1, 0.15) is 11.6 Å². The molecule has 0 saturated heterocycles. The van der Waals surface area contributed by atoms with Crippen molar-refractivity contribution in [1.82, 2.24) is 4.98 Å². The standard InChI is InChI=1S/C10H15Cl2N3O/c1-6(16-3)5-14-10-8(12)4-7(11)9(13-2)15-10/h4,6H,5H2,1-3H3,(H2,13,14,15). The van der Waals surface area contributed by atoms with Gasteiger partial charge in [-0.25, -0.2) is 4.98 Å². The first-order valence-electron chi connectivity index (χ1n) is 4.89. The van der Waals surface area contributed by atoms with Crippen LogP contribution in [0.2, 0.25) is 10.0 Å². The number of nitrogens with zero attached hydrogens (tertiary/aromatic N) is 1. The third-order valence-corrected chi connectivity index (χ3v) is 2.70. The fourth-order valence-electron chi connectivity index (χ4n) is 1.09. The van der Waals surface area contributed by atoms with Gasteiger partial charge in [0.05, 0.1) is 16.1 Å². The molecule has 0 aliphatic heterocycles. The maximum Gasteiger partial charge on any atom is 0.147 e. The highest BCUT2D eigenvalue weighted by atomic mass is 35.5. The molecular weight excluding hydrogens is 249 g/mol. The maximum atomic E-state index is 6.01. The van der Waals surface area contributed by atoms with Gasteiger partial charge < -0.3 is 15.4 Å². The molecule has 90 valence electrons. The topological polar surface area (TPSA) is 46.2 Å². The van der Waals surface area contributed by atoms with Crippen LogP contribution in [0.5, 0.6) is 0 Å². The average molecular weight is 264 g/mol. The highest BCUT2D eigenvalue weighted by Gasteiger charge is 2.09. The van der Waals surface area contributed by atoms with Gasteiger partial charge in [-0.2, -0.15) is 0 Å². The molecule has 0 aliphatic rings. The molecule has 2 N–H and O–H groups in total. The van der Waals surface area contributed by atoms with Gasteiger partial charge in [0.15, 0.2) is 0 Å². The van der Waals surface area contributed by atoms with Crippen LogP contribution in [-0.4, -0.2) is 31.8 Å². The van der Waals surface area contributed by atoms with Crippen molar-refractivity contribution in [3.8, 4) is 0 Å². The van der Waals surface area contributed by atoms with Crippen molar-refractivity contribution in [2.45, 2.75) is 13.0 Å². The monoisotopic (exact) mass is 263 g/mol. The predicted octanol–water partition coefficient (Wildman–Crippen LogP) is 2.88. The molecule has 1 aromatic rings. The highest BCUT2D eigenvalue weighted by molar-refractivity contribution is 6.37. The Bertz CT molecular complexity index is 360. The van der Waals surface area contributed by atoms with Gasteiger partial charge in [0, 0.05) is 20.7 Å². The lowest BCUT2D eigenvalue weighted by Crippen LogP contribution is -2.19. The van der Waals surface area contributed by atoms with E-state index in [-0.39, 0.29) is 6.10 Å². The predicted molar refractivity (Wildman–Crippen MR) is 68.8 cm³/mol.